The summed E-state index contributed by atoms with van der Waals surface area (Å²) in [5, 5.41) is 0. The summed E-state index contributed by atoms with van der Waals surface area (Å²) in [5.41, 5.74) is 7.42. The molecule has 0 bridgehead atoms. The molecule has 0 saturated carbocycles. The smallest absolute Gasteiger partial charge is 0.193 e. The van der Waals surface area contributed by atoms with Crippen LogP contribution in [0.1, 0.15) is 81.8 Å². The SMILES string of the molecule is CCc1ccc(C(=O)c2cccc(C(=O)c3ccc(CC)c(CC)c3)c2)cc1CC. The molecule has 2 heteroatoms. The number of rotatable bonds is 8. The van der Waals surface area contributed by atoms with Crippen LogP contribution in [0.15, 0.2) is 60.7 Å². The highest BCUT2D eigenvalue weighted by Gasteiger charge is 2.15. The van der Waals surface area contributed by atoms with Gasteiger partial charge in [0.1, 0.15) is 0 Å². The third-order valence-electron chi connectivity index (χ3n) is 5.85. The van der Waals surface area contributed by atoms with Crippen molar-refractivity contribution < 1.29 is 9.59 Å². The highest BCUT2D eigenvalue weighted by Crippen LogP contribution is 2.20. The molecule has 30 heavy (non-hydrogen) atoms. The molecule has 0 heterocycles. The van der Waals surface area contributed by atoms with E-state index in [2.05, 4.69) is 27.7 Å². The van der Waals surface area contributed by atoms with Gasteiger partial charge < -0.3 is 0 Å². The average Bonchev–Trinajstić information content (AvgIpc) is 2.82. The Morgan fingerprint density at radius 1 is 0.500 bits per heavy atom. The Labute approximate surface area is 180 Å². The monoisotopic (exact) mass is 398 g/mol. The van der Waals surface area contributed by atoms with Crippen LogP contribution in [-0.2, 0) is 25.7 Å². The third-order valence-corrected chi connectivity index (χ3v) is 5.85. The summed E-state index contributed by atoms with van der Waals surface area (Å²) in [7, 11) is 0. The first-order valence-electron chi connectivity index (χ1n) is 10.9. The number of hydrogen-bond acceptors (Lipinski definition) is 2. The normalized spacial score (nSPS) is 10.8. The highest BCUT2D eigenvalue weighted by molar-refractivity contribution is 6.13. The van der Waals surface area contributed by atoms with E-state index in [4.69, 9.17) is 0 Å². The fraction of sp³-hybridized carbons (Fsp3) is 0.286. The fourth-order valence-electron chi connectivity index (χ4n) is 4.02. The lowest BCUT2D eigenvalue weighted by Crippen LogP contribution is -2.07. The lowest BCUT2D eigenvalue weighted by Gasteiger charge is -2.10. The van der Waals surface area contributed by atoms with Gasteiger partial charge in [0, 0.05) is 22.3 Å². The van der Waals surface area contributed by atoms with E-state index in [0.29, 0.717) is 22.3 Å². The van der Waals surface area contributed by atoms with Crippen LogP contribution in [-0.4, -0.2) is 11.6 Å². The Kier molecular flexibility index (Phi) is 6.99. The predicted octanol–water partition coefficient (Wildman–Crippen LogP) is 6.40. The van der Waals surface area contributed by atoms with E-state index < -0.39 is 0 Å². The molecule has 0 aliphatic rings. The number of aryl methyl sites for hydroxylation is 4. The summed E-state index contributed by atoms with van der Waals surface area (Å²) in [6.45, 7) is 8.47. The Balaban J connectivity index is 1.92. The van der Waals surface area contributed by atoms with Gasteiger partial charge in [0.25, 0.3) is 0 Å². The van der Waals surface area contributed by atoms with Crippen LogP contribution in [0.2, 0.25) is 0 Å². The number of carbonyl (C=O) groups is 2. The average molecular weight is 399 g/mol. The number of carbonyl (C=O) groups excluding carboxylic acids is 2. The molecule has 0 fully saturated rings. The van der Waals surface area contributed by atoms with Gasteiger partial charge in [-0.3, -0.25) is 9.59 Å². The Hall–Kier alpha value is -3.00. The molecule has 0 radical (unpaired) electrons. The van der Waals surface area contributed by atoms with Gasteiger partial charge in [0.15, 0.2) is 11.6 Å². The molecule has 0 spiro atoms. The molecule has 0 aliphatic heterocycles. The van der Waals surface area contributed by atoms with Gasteiger partial charge in [-0.2, -0.15) is 0 Å². The van der Waals surface area contributed by atoms with Crippen molar-refractivity contribution in [3.8, 4) is 0 Å². The summed E-state index contributed by atoms with van der Waals surface area (Å²) in [5.74, 6) is -0.0878. The van der Waals surface area contributed by atoms with Gasteiger partial charge in [-0.05, 0) is 66.1 Å². The van der Waals surface area contributed by atoms with Crippen molar-refractivity contribution in [2.24, 2.45) is 0 Å². The second-order valence-electron chi connectivity index (χ2n) is 7.62. The van der Waals surface area contributed by atoms with E-state index in [9.17, 15) is 9.59 Å². The van der Waals surface area contributed by atoms with E-state index in [1.165, 1.54) is 22.3 Å². The first-order chi connectivity index (χ1) is 14.5. The van der Waals surface area contributed by atoms with Crippen molar-refractivity contribution in [2.45, 2.75) is 53.4 Å². The van der Waals surface area contributed by atoms with Gasteiger partial charge in [-0.15, -0.1) is 0 Å². The zero-order valence-electron chi connectivity index (χ0n) is 18.4. The predicted molar refractivity (Wildman–Crippen MR) is 124 cm³/mol. The van der Waals surface area contributed by atoms with Crippen molar-refractivity contribution in [1.82, 2.24) is 0 Å². The summed E-state index contributed by atoms with van der Waals surface area (Å²) in [6, 6.07) is 19.0. The van der Waals surface area contributed by atoms with Crippen molar-refractivity contribution in [2.75, 3.05) is 0 Å². The van der Waals surface area contributed by atoms with Crippen LogP contribution < -0.4 is 0 Å². The van der Waals surface area contributed by atoms with Gasteiger partial charge >= 0.3 is 0 Å². The molecule has 0 aromatic heterocycles. The molecule has 3 rings (SSSR count). The summed E-state index contributed by atoms with van der Waals surface area (Å²) in [6.07, 6.45) is 3.71. The van der Waals surface area contributed by atoms with Crippen molar-refractivity contribution in [1.29, 1.82) is 0 Å². The minimum absolute atomic E-state index is 0.0439. The maximum Gasteiger partial charge on any atom is 0.193 e. The molecule has 2 nitrogen and oxygen atoms in total. The number of benzene rings is 3. The lowest BCUT2D eigenvalue weighted by molar-refractivity contribution is 0.103. The van der Waals surface area contributed by atoms with Crippen LogP contribution in [0, 0.1) is 0 Å². The van der Waals surface area contributed by atoms with E-state index in [0.717, 1.165) is 25.7 Å². The Morgan fingerprint density at radius 3 is 1.23 bits per heavy atom. The molecule has 0 amide bonds. The fourth-order valence-corrected chi connectivity index (χ4v) is 4.02. The van der Waals surface area contributed by atoms with E-state index in [-0.39, 0.29) is 11.6 Å². The lowest BCUT2D eigenvalue weighted by atomic mass is 9.93. The largest absolute Gasteiger partial charge is 0.289 e. The topological polar surface area (TPSA) is 34.1 Å². The Bertz CT molecular complexity index is 993. The molecule has 3 aromatic carbocycles. The molecule has 0 saturated heterocycles. The first-order valence-corrected chi connectivity index (χ1v) is 10.9. The number of hydrogen-bond donors (Lipinski definition) is 0. The highest BCUT2D eigenvalue weighted by atomic mass is 16.1. The van der Waals surface area contributed by atoms with Crippen LogP contribution >= 0.6 is 0 Å². The second kappa shape index (κ2) is 9.67. The van der Waals surface area contributed by atoms with Gasteiger partial charge in [-0.25, -0.2) is 0 Å². The minimum atomic E-state index is -0.0439. The quantitative estimate of drug-likeness (QED) is 0.412. The third kappa shape index (κ3) is 4.43. The van der Waals surface area contributed by atoms with Gasteiger partial charge in [0.2, 0.25) is 0 Å². The van der Waals surface area contributed by atoms with E-state index in [1.807, 2.05) is 36.4 Å². The number of ketones is 2. The molecule has 0 aliphatic carbocycles. The molecule has 3 aromatic rings. The molecular formula is C28H30O2. The summed E-state index contributed by atoms with van der Waals surface area (Å²) < 4.78 is 0. The summed E-state index contributed by atoms with van der Waals surface area (Å²) >= 11 is 0. The van der Waals surface area contributed by atoms with Crippen molar-refractivity contribution in [3.63, 3.8) is 0 Å². The maximum absolute atomic E-state index is 13.1. The molecule has 0 atom stereocenters. The van der Waals surface area contributed by atoms with Crippen LogP contribution in [0.5, 0.6) is 0 Å². The van der Waals surface area contributed by atoms with E-state index in [1.54, 1.807) is 24.3 Å². The minimum Gasteiger partial charge on any atom is -0.289 e. The van der Waals surface area contributed by atoms with Crippen LogP contribution in [0.4, 0.5) is 0 Å². The second-order valence-corrected chi connectivity index (χ2v) is 7.62. The van der Waals surface area contributed by atoms with E-state index >= 15 is 0 Å². The molecule has 154 valence electrons. The first kappa shape index (κ1) is 21.7. The standard InChI is InChI=1S/C28H30O2/c1-5-19-12-14-25(16-21(19)7-3)27(29)23-10-9-11-24(18-23)28(30)26-15-13-20(6-2)22(8-4)17-26/h9-18H,5-8H2,1-4H3. The van der Waals surface area contributed by atoms with Gasteiger partial charge in [-0.1, -0.05) is 70.2 Å². The molecule has 0 unspecified atom stereocenters. The maximum atomic E-state index is 13.1. The molecule has 0 N–H and O–H groups in total. The van der Waals surface area contributed by atoms with Gasteiger partial charge in [0.05, 0.1) is 0 Å². The van der Waals surface area contributed by atoms with Crippen LogP contribution in [0.25, 0.3) is 0 Å². The van der Waals surface area contributed by atoms with Crippen molar-refractivity contribution >= 4 is 11.6 Å². The zero-order valence-corrected chi connectivity index (χ0v) is 18.4. The molecular weight excluding hydrogens is 368 g/mol. The van der Waals surface area contributed by atoms with Crippen molar-refractivity contribution in [3.05, 3.63) is 105 Å². The summed E-state index contributed by atoms with van der Waals surface area (Å²) in [4.78, 5) is 26.2. The zero-order chi connectivity index (χ0) is 21.7. The Morgan fingerprint density at radius 2 is 0.867 bits per heavy atom. The van der Waals surface area contributed by atoms with Crippen LogP contribution in [0.3, 0.4) is 0 Å².